The van der Waals surface area contributed by atoms with E-state index in [9.17, 15) is 9.59 Å². The molecule has 0 spiro atoms. The topological polar surface area (TPSA) is 83.0 Å². The lowest BCUT2D eigenvalue weighted by atomic mass is 10.1. The Morgan fingerprint density at radius 1 is 1.37 bits per heavy atom. The zero-order valence-corrected chi connectivity index (χ0v) is 10.6. The highest BCUT2D eigenvalue weighted by Crippen LogP contribution is 2.12. The van der Waals surface area contributed by atoms with E-state index in [2.05, 4.69) is 9.97 Å². The summed E-state index contributed by atoms with van der Waals surface area (Å²) < 4.78 is 0. The summed E-state index contributed by atoms with van der Waals surface area (Å²) in [4.78, 5) is 28.8. The van der Waals surface area contributed by atoms with Crippen LogP contribution in [-0.2, 0) is 17.6 Å². The lowest BCUT2D eigenvalue weighted by Crippen LogP contribution is -2.15. The summed E-state index contributed by atoms with van der Waals surface area (Å²) in [5, 5.41) is 9.30. The maximum atomic E-state index is 11.4. The molecule has 0 bridgehead atoms. The molecule has 1 aromatic carbocycles. The van der Waals surface area contributed by atoms with Gasteiger partial charge >= 0.3 is 5.97 Å². The predicted octanol–water partition coefficient (Wildman–Crippen LogP) is 1.64. The third kappa shape index (κ3) is 3.93. The molecule has 0 amide bonds. The number of carboxylic acids is 1. The van der Waals surface area contributed by atoms with Crippen LogP contribution >= 0.6 is 11.6 Å². The molecule has 0 aliphatic carbocycles. The van der Waals surface area contributed by atoms with E-state index in [1.165, 1.54) is 6.07 Å². The van der Waals surface area contributed by atoms with Crippen molar-refractivity contribution in [2.24, 2.45) is 0 Å². The van der Waals surface area contributed by atoms with Gasteiger partial charge in [0.15, 0.2) is 0 Å². The van der Waals surface area contributed by atoms with Gasteiger partial charge in [0.05, 0.1) is 12.1 Å². The molecule has 5 nitrogen and oxygen atoms in total. The number of H-pyrrole nitrogens is 1. The molecule has 0 fully saturated rings. The zero-order chi connectivity index (χ0) is 13.8. The summed E-state index contributed by atoms with van der Waals surface area (Å²) in [5.41, 5.74) is 0.777. The molecule has 1 heterocycles. The van der Waals surface area contributed by atoms with Crippen LogP contribution in [0.2, 0.25) is 5.02 Å². The van der Waals surface area contributed by atoms with E-state index < -0.39 is 5.97 Å². The number of carboxylic acid groups (broad SMARTS) is 1. The second-order valence-electron chi connectivity index (χ2n) is 4.06. The van der Waals surface area contributed by atoms with Crippen LogP contribution in [0, 0.1) is 0 Å². The van der Waals surface area contributed by atoms with Crippen LogP contribution in [0.4, 0.5) is 0 Å². The molecule has 2 N–H and O–H groups in total. The first-order valence-corrected chi connectivity index (χ1v) is 5.96. The third-order valence-electron chi connectivity index (χ3n) is 2.44. The van der Waals surface area contributed by atoms with Crippen molar-refractivity contribution < 1.29 is 9.90 Å². The van der Waals surface area contributed by atoms with E-state index in [0.717, 1.165) is 5.56 Å². The highest BCUT2D eigenvalue weighted by Gasteiger charge is 2.06. The second kappa shape index (κ2) is 5.67. The molecule has 0 unspecified atom stereocenters. The van der Waals surface area contributed by atoms with Crippen molar-refractivity contribution in [3.05, 3.63) is 62.8 Å². The first-order valence-electron chi connectivity index (χ1n) is 5.58. The number of carbonyl (C=O) groups is 1. The Morgan fingerprint density at radius 3 is 2.84 bits per heavy atom. The standard InChI is InChI=1S/C13H11ClN2O3/c14-9-3-1-2-8(4-9)5-11-15-10(7-13(18)19)6-12(17)16-11/h1-4,6H,5,7H2,(H,18,19)(H,15,16,17). The average molecular weight is 279 g/mol. The summed E-state index contributed by atoms with van der Waals surface area (Å²) in [5.74, 6) is -0.599. The lowest BCUT2D eigenvalue weighted by Gasteiger charge is -2.03. The molecule has 0 atom stereocenters. The van der Waals surface area contributed by atoms with Crippen LogP contribution in [0.15, 0.2) is 35.1 Å². The van der Waals surface area contributed by atoms with Crippen LogP contribution < -0.4 is 5.56 Å². The number of hydrogen-bond acceptors (Lipinski definition) is 3. The number of nitrogens with zero attached hydrogens (tertiary/aromatic N) is 1. The average Bonchev–Trinajstić information content (AvgIpc) is 2.26. The maximum absolute atomic E-state index is 11.4. The molecular weight excluding hydrogens is 268 g/mol. The summed E-state index contributed by atoms with van der Waals surface area (Å²) in [6, 6.07) is 8.37. The van der Waals surface area contributed by atoms with Crippen molar-refractivity contribution in [1.82, 2.24) is 9.97 Å². The molecule has 0 saturated heterocycles. The molecule has 0 aliphatic rings. The van der Waals surface area contributed by atoms with Crippen molar-refractivity contribution in [3.8, 4) is 0 Å². The van der Waals surface area contributed by atoms with E-state index in [4.69, 9.17) is 16.7 Å². The Morgan fingerprint density at radius 2 is 2.16 bits per heavy atom. The van der Waals surface area contributed by atoms with Crippen LogP contribution in [0.3, 0.4) is 0 Å². The van der Waals surface area contributed by atoms with Crippen LogP contribution in [0.1, 0.15) is 17.1 Å². The minimum Gasteiger partial charge on any atom is -0.481 e. The molecule has 6 heteroatoms. The van der Waals surface area contributed by atoms with E-state index >= 15 is 0 Å². The molecule has 2 aromatic rings. The normalized spacial score (nSPS) is 10.4. The minimum atomic E-state index is -1.02. The smallest absolute Gasteiger partial charge is 0.309 e. The van der Waals surface area contributed by atoms with Gasteiger partial charge in [-0.1, -0.05) is 23.7 Å². The quantitative estimate of drug-likeness (QED) is 0.891. The fraction of sp³-hybridized carbons (Fsp3) is 0.154. The van der Waals surface area contributed by atoms with E-state index in [0.29, 0.717) is 17.3 Å². The van der Waals surface area contributed by atoms with Gasteiger partial charge < -0.3 is 10.1 Å². The lowest BCUT2D eigenvalue weighted by molar-refractivity contribution is -0.136. The monoisotopic (exact) mass is 278 g/mol. The molecule has 1 aromatic heterocycles. The largest absolute Gasteiger partial charge is 0.481 e. The van der Waals surface area contributed by atoms with Crippen molar-refractivity contribution in [2.75, 3.05) is 0 Å². The Balaban J connectivity index is 2.27. The van der Waals surface area contributed by atoms with E-state index in [-0.39, 0.29) is 17.7 Å². The summed E-state index contributed by atoms with van der Waals surface area (Å²) in [6.07, 6.45) is 0.121. The second-order valence-corrected chi connectivity index (χ2v) is 4.50. The van der Waals surface area contributed by atoms with Crippen molar-refractivity contribution in [1.29, 1.82) is 0 Å². The predicted molar refractivity (Wildman–Crippen MR) is 70.5 cm³/mol. The number of halogens is 1. The first-order chi connectivity index (χ1) is 9.02. The number of hydrogen-bond donors (Lipinski definition) is 2. The number of aromatic amines is 1. The first kappa shape index (κ1) is 13.3. The van der Waals surface area contributed by atoms with Crippen LogP contribution in [0.5, 0.6) is 0 Å². The van der Waals surface area contributed by atoms with Gasteiger partial charge in [0, 0.05) is 17.5 Å². The maximum Gasteiger partial charge on any atom is 0.309 e. The molecule has 98 valence electrons. The summed E-state index contributed by atoms with van der Waals surface area (Å²) in [7, 11) is 0. The summed E-state index contributed by atoms with van der Waals surface area (Å²) >= 11 is 5.87. The number of aliphatic carboxylic acids is 1. The molecule has 19 heavy (non-hydrogen) atoms. The third-order valence-corrected chi connectivity index (χ3v) is 2.67. The fourth-order valence-electron chi connectivity index (χ4n) is 1.73. The molecule has 0 aliphatic heterocycles. The number of benzene rings is 1. The minimum absolute atomic E-state index is 0.244. The van der Waals surface area contributed by atoms with Gasteiger partial charge in [-0.05, 0) is 17.7 Å². The molecule has 0 radical (unpaired) electrons. The number of aromatic nitrogens is 2. The van der Waals surface area contributed by atoms with Gasteiger partial charge in [-0.15, -0.1) is 0 Å². The Kier molecular flexibility index (Phi) is 3.97. The van der Waals surface area contributed by atoms with Crippen molar-refractivity contribution in [2.45, 2.75) is 12.8 Å². The van der Waals surface area contributed by atoms with Gasteiger partial charge in [0.2, 0.25) is 0 Å². The van der Waals surface area contributed by atoms with Crippen LogP contribution in [0.25, 0.3) is 0 Å². The van der Waals surface area contributed by atoms with Crippen LogP contribution in [-0.4, -0.2) is 21.0 Å². The van der Waals surface area contributed by atoms with E-state index in [1.54, 1.807) is 18.2 Å². The fourth-order valence-corrected chi connectivity index (χ4v) is 1.95. The Bertz CT molecular complexity index is 667. The molecule has 0 saturated carbocycles. The van der Waals surface area contributed by atoms with Gasteiger partial charge in [0.25, 0.3) is 5.56 Å². The van der Waals surface area contributed by atoms with Crippen molar-refractivity contribution >= 4 is 17.6 Å². The number of nitrogens with one attached hydrogen (secondary N) is 1. The molecular formula is C13H11ClN2O3. The Hall–Kier alpha value is -2.14. The van der Waals surface area contributed by atoms with Gasteiger partial charge in [-0.25, -0.2) is 4.98 Å². The number of rotatable bonds is 4. The highest BCUT2D eigenvalue weighted by molar-refractivity contribution is 6.30. The molecule has 2 rings (SSSR count). The van der Waals surface area contributed by atoms with Crippen molar-refractivity contribution in [3.63, 3.8) is 0 Å². The highest BCUT2D eigenvalue weighted by atomic mass is 35.5. The summed E-state index contributed by atoms with van der Waals surface area (Å²) in [6.45, 7) is 0. The Labute approximate surface area is 113 Å². The van der Waals surface area contributed by atoms with Gasteiger partial charge in [-0.2, -0.15) is 0 Å². The van der Waals surface area contributed by atoms with E-state index in [1.807, 2.05) is 6.07 Å². The van der Waals surface area contributed by atoms with Gasteiger partial charge in [0.1, 0.15) is 5.82 Å². The SMILES string of the molecule is O=C(O)Cc1cc(=O)[nH]c(Cc2cccc(Cl)c2)n1. The zero-order valence-electron chi connectivity index (χ0n) is 9.89. The van der Waals surface area contributed by atoms with Gasteiger partial charge in [-0.3, -0.25) is 9.59 Å².